The van der Waals surface area contributed by atoms with E-state index in [9.17, 15) is 14.4 Å². The van der Waals surface area contributed by atoms with Crippen LogP contribution in [-0.2, 0) is 19.1 Å². The number of hydrazone groups is 1. The molecule has 0 N–H and O–H groups in total. The number of amides is 2. The largest absolute Gasteiger partial charge is 0.467 e. The predicted octanol–water partition coefficient (Wildman–Crippen LogP) is 2.34. The van der Waals surface area contributed by atoms with Crippen LogP contribution in [0.4, 0.5) is 0 Å². The third-order valence-electron chi connectivity index (χ3n) is 4.92. The first-order valence-electron chi connectivity index (χ1n) is 9.52. The zero-order valence-corrected chi connectivity index (χ0v) is 17.3. The summed E-state index contributed by atoms with van der Waals surface area (Å²) in [7, 11) is 0. The Kier molecular flexibility index (Phi) is 5.89. The van der Waals surface area contributed by atoms with E-state index in [-0.39, 0.29) is 12.5 Å². The van der Waals surface area contributed by atoms with Crippen LogP contribution in [0.2, 0.25) is 0 Å². The van der Waals surface area contributed by atoms with E-state index in [1.165, 1.54) is 21.7 Å². The first-order valence-corrected chi connectivity index (χ1v) is 10.7. The molecule has 156 valence electrons. The van der Waals surface area contributed by atoms with Gasteiger partial charge in [-0.15, -0.1) is 11.8 Å². The Morgan fingerprint density at radius 1 is 1.27 bits per heavy atom. The molecule has 0 aliphatic carbocycles. The first-order chi connectivity index (χ1) is 14.5. The number of thioether (sulfide) groups is 1. The predicted molar refractivity (Wildman–Crippen MR) is 111 cm³/mol. The SMILES string of the molecule is Cc1ccc(C2=NN(C(=O)COC(=O)CN3CSCC3=O)C(c3ccco3)C2)cc1. The van der Waals surface area contributed by atoms with Crippen molar-refractivity contribution < 1.29 is 23.5 Å². The van der Waals surface area contributed by atoms with Crippen molar-refractivity contribution in [2.45, 2.75) is 19.4 Å². The molecule has 4 rings (SSSR count). The maximum atomic E-state index is 12.8. The molecule has 30 heavy (non-hydrogen) atoms. The van der Waals surface area contributed by atoms with E-state index in [1.807, 2.05) is 31.2 Å². The Morgan fingerprint density at radius 3 is 2.73 bits per heavy atom. The standard InChI is InChI=1S/C21H21N3O5S/c1-14-4-6-15(7-5-14)16-9-17(18-3-2-8-28-18)24(22-16)19(25)11-29-21(27)10-23-13-30-12-20(23)26/h2-8,17H,9-13H2,1H3. The van der Waals surface area contributed by atoms with Crippen LogP contribution in [-0.4, -0.2) is 58.2 Å². The monoisotopic (exact) mass is 427 g/mol. The van der Waals surface area contributed by atoms with Gasteiger partial charge in [0.25, 0.3) is 5.91 Å². The number of carbonyl (C=O) groups excluding carboxylic acids is 3. The number of esters is 1. The fraction of sp³-hybridized carbons (Fsp3) is 0.333. The molecule has 9 heteroatoms. The lowest BCUT2D eigenvalue weighted by Crippen LogP contribution is -2.35. The first kappa shape index (κ1) is 20.2. The topological polar surface area (TPSA) is 92.4 Å². The third kappa shape index (κ3) is 4.40. The maximum Gasteiger partial charge on any atom is 0.326 e. The van der Waals surface area contributed by atoms with Gasteiger partial charge in [-0.25, -0.2) is 5.01 Å². The highest BCUT2D eigenvalue weighted by molar-refractivity contribution is 8.00. The molecule has 1 fully saturated rings. The van der Waals surface area contributed by atoms with Crippen molar-refractivity contribution in [3.05, 3.63) is 59.5 Å². The minimum atomic E-state index is -0.615. The second kappa shape index (κ2) is 8.74. The summed E-state index contributed by atoms with van der Waals surface area (Å²) in [6.07, 6.45) is 2.04. The number of hydrogen-bond acceptors (Lipinski definition) is 7. The molecule has 1 aromatic carbocycles. The Labute approximate surface area is 177 Å². The number of rotatable bonds is 6. The molecule has 1 saturated heterocycles. The van der Waals surface area contributed by atoms with Crippen LogP contribution in [0.1, 0.15) is 29.3 Å². The highest BCUT2D eigenvalue weighted by Crippen LogP contribution is 2.33. The number of benzene rings is 1. The minimum Gasteiger partial charge on any atom is -0.467 e. The molecule has 1 aromatic heterocycles. The van der Waals surface area contributed by atoms with Crippen LogP contribution in [0.25, 0.3) is 0 Å². The van der Waals surface area contributed by atoms with Crippen LogP contribution in [0.5, 0.6) is 0 Å². The smallest absolute Gasteiger partial charge is 0.326 e. The summed E-state index contributed by atoms with van der Waals surface area (Å²) in [5.41, 5.74) is 2.82. The van der Waals surface area contributed by atoms with Crippen LogP contribution >= 0.6 is 11.8 Å². The molecule has 2 aliphatic rings. The minimum absolute atomic E-state index is 0.104. The van der Waals surface area contributed by atoms with Gasteiger partial charge in [0, 0.05) is 6.42 Å². The van der Waals surface area contributed by atoms with E-state index in [0.717, 1.165) is 16.8 Å². The van der Waals surface area contributed by atoms with Crippen LogP contribution in [0.15, 0.2) is 52.2 Å². The lowest BCUT2D eigenvalue weighted by atomic mass is 10.0. The summed E-state index contributed by atoms with van der Waals surface area (Å²) in [6.45, 7) is 1.40. The Hall–Kier alpha value is -3.07. The summed E-state index contributed by atoms with van der Waals surface area (Å²) in [4.78, 5) is 37.9. The van der Waals surface area contributed by atoms with Gasteiger partial charge in [-0.05, 0) is 24.6 Å². The van der Waals surface area contributed by atoms with Gasteiger partial charge in [0.15, 0.2) is 6.61 Å². The summed E-state index contributed by atoms with van der Waals surface area (Å²) in [5.74, 6) is 0.262. The maximum absolute atomic E-state index is 12.8. The molecule has 0 radical (unpaired) electrons. The fourth-order valence-electron chi connectivity index (χ4n) is 3.31. The zero-order chi connectivity index (χ0) is 21.1. The average Bonchev–Trinajstić information content (AvgIpc) is 3.48. The second-order valence-corrected chi connectivity index (χ2v) is 8.07. The van der Waals surface area contributed by atoms with Crippen molar-refractivity contribution >= 4 is 35.3 Å². The molecule has 2 aliphatic heterocycles. The summed E-state index contributed by atoms with van der Waals surface area (Å²) < 4.78 is 10.6. The molecule has 0 spiro atoms. The van der Waals surface area contributed by atoms with Crippen LogP contribution < -0.4 is 0 Å². The van der Waals surface area contributed by atoms with E-state index in [0.29, 0.717) is 23.8 Å². The number of nitrogens with zero attached hydrogens (tertiary/aromatic N) is 3. The number of ether oxygens (including phenoxy) is 1. The van der Waals surface area contributed by atoms with Gasteiger partial charge in [0.1, 0.15) is 18.3 Å². The number of hydrogen-bond donors (Lipinski definition) is 0. The molecular formula is C21H21N3O5S. The Morgan fingerprint density at radius 2 is 2.07 bits per heavy atom. The summed E-state index contributed by atoms with van der Waals surface area (Å²) in [6, 6.07) is 11.1. The van der Waals surface area contributed by atoms with Crippen molar-refractivity contribution in [1.82, 2.24) is 9.91 Å². The Balaban J connectivity index is 1.44. The number of furan rings is 1. The van der Waals surface area contributed by atoms with Crippen LogP contribution in [0.3, 0.4) is 0 Å². The van der Waals surface area contributed by atoms with E-state index in [2.05, 4.69) is 5.10 Å². The van der Waals surface area contributed by atoms with Gasteiger partial charge < -0.3 is 14.1 Å². The van der Waals surface area contributed by atoms with Crippen molar-refractivity contribution in [2.24, 2.45) is 5.10 Å². The van der Waals surface area contributed by atoms with Gasteiger partial charge >= 0.3 is 5.97 Å². The second-order valence-electron chi connectivity index (χ2n) is 7.12. The van der Waals surface area contributed by atoms with E-state index in [1.54, 1.807) is 18.4 Å². The lowest BCUT2D eigenvalue weighted by molar-refractivity contribution is -0.154. The molecule has 1 unspecified atom stereocenters. The molecule has 1 atom stereocenters. The number of carbonyl (C=O) groups is 3. The molecule has 2 aromatic rings. The van der Waals surface area contributed by atoms with E-state index < -0.39 is 24.5 Å². The zero-order valence-electron chi connectivity index (χ0n) is 16.4. The van der Waals surface area contributed by atoms with Crippen molar-refractivity contribution in [2.75, 3.05) is 24.8 Å². The van der Waals surface area contributed by atoms with Gasteiger partial charge in [-0.3, -0.25) is 14.4 Å². The molecule has 2 amide bonds. The molecule has 0 bridgehead atoms. The Bertz CT molecular complexity index is 971. The van der Waals surface area contributed by atoms with E-state index >= 15 is 0 Å². The summed E-state index contributed by atoms with van der Waals surface area (Å²) in [5, 5.41) is 5.82. The normalized spacial score (nSPS) is 18.6. The lowest BCUT2D eigenvalue weighted by Gasteiger charge is -2.20. The third-order valence-corrected chi connectivity index (χ3v) is 5.87. The number of aryl methyl sites for hydroxylation is 1. The fourth-order valence-corrected chi connectivity index (χ4v) is 4.22. The quantitative estimate of drug-likeness (QED) is 0.657. The molecule has 0 saturated carbocycles. The van der Waals surface area contributed by atoms with Crippen molar-refractivity contribution in [1.29, 1.82) is 0 Å². The van der Waals surface area contributed by atoms with Crippen molar-refractivity contribution in [3.8, 4) is 0 Å². The van der Waals surface area contributed by atoms with Gasteiger partial charge in [0.2, 0.25) is 5.91 Å². The van der Waals surface area contributed by atoms with Crippen LogP contribution in [0, 0.1) is 6.92 Å². The van der Waals surface area contributed by atoms with Gasteiger partial charge in [-0.2, -0.15) is 5.10 Å². The highest BCUT2D eigenvalue weighted by atomic mass is 32.2. The highest BCUT2D eigenvalue weighted by Gasteiger charge is 2.35. The van der Waals surface area contributed by atoms with Crippen molar-refractivity contribution in [3.63, 3.8) is 0 Å². The van der Waals surface area contributed by atoms with E-state index in [4.69, 9.17) is 9.15 Å². The van der Waals surface area contributed by atoms with Gasteiger partial charge in [0.05, 0.1) is 23.6 Å². The molecular weight excluding hydrogens is 406 g/mol. The van der Waals surface area contributed by atoms with Gasteiger partial charge in [-0.1, -0.05) is 29.8 Å². The molecule has 8 nitrogen and oxygen atoms in total. The molecule has 3 heterocycles. The summed E-state index contributed by atoms with van der Waals surface area (Å²) >= 11 is 1.44. The average molecular weight is 427 g/mol.